The van der Waals surface area contributed by atoms with E-state index < -0.39 is 24.0 Å². The number of ether oxygens (including phenoxy) is 1. The zero-order valence-corrected chi connectivity index (χ0v) is 12.4. The van der Waals surface area contributed by atoms with Crippen LogP contribution in [0.2, 0.25) is 0 Å². The first kappa shape index (κ1) is 18.6. The molecule has 0 rings (SSSR count). The van der Waals surface area contributed by atoms with E-state index in [0.29, 0.717) is 6.42 Å². The van der Waals surface area contributed by atoms with Gasteiger partial charge in [0.25, 0.3) is 0 Å². The van der Waals surface area contributed by atoms with Gasteiger partial charge in [-0.1, -0.05) is 31.9 Å². The van der Waals surface area contributed by atoms with Crippen molar-refractivity contribution in [2.75, 3.05) is 6.61 Å². The minimum Gasteiger partial charge on any atom is -0.481 e. The minimum atomic E-state index is -1.03. The van der Waals surface area contributed by atoms with Crippen molar-refractivity contribution in [2.24, 2.45) is 5.92 Å². The molecule has 0 aromatic rings. The van der Waals surface area contributed by atoms with E-state index in [2.05, 4.69) is 6.92 Å². The van der Waals surface area contributed by atoms with Gasteiger partial charge in [-0.05, 0) is 26.2 Å². The summed E-state index contributed by atoms with van der Waals surface area (Å²) in [6.07, 6.45) is 7.68. The molecule has 5 heteroatoms. The Hall–Kier alpha value is -1.36. The van der Waals surface area contributed by atoms with Crippen molar-refractivity contribution in [2.45, 2.75) is 58.5 Å². The van der Waals surface area contributed by atoms with Gasteiger partial charge in [-0.2, -0.15) is 0 Å². The highest BCUT2D eigenvalue weighted by Gasteiger charge is 2.23. The Balaban J connectivity index is 4.26. The third kappa shape index (κ3) is 9.55. The first-order valence-corrected chi connectivity index (χ1v) is 7.19. The third-order valence-corrected chi connectivity index (χ3v) is 2.89. The maximum Gasteiger partial charge on any atom is 0.310 e. The summed E-state index contributed by atoms with van der Waals surface area (Å²) >= 11 is 0. The fraction of sp³-hybridized carbons (Fsp3) is 0.733. The van der Waals surface area contributed by atoms with E-state index in [1.165, 1.54) is 6.42 Å². The summed E-state index contributed by atoms with van der Waals surface area (Å²) in [5.74, 6) is -2.28. The normalized spacial score (nSPS) is 14.2. The highest BCUT2D eigenvalue weighted by molar-refractivity contribution is 5.79. The topological polar surface area (TPSA) is 83.8 Å². The lowest BCUT2D eigenvalue weighted by atomic mass is 10.0. The van der Waals surface area contributed by atoms with E-state index in [-0.39, 0.29) is 13.0 Å². The number of carbonyl (C=O) groups is 2. The molecule has 0 aromatic carbocycles. The molecule has 0 aliphatic carbocycles. The van der Waals surface area contributed by atoms with Gasteiger partial charge in [0, 0.05) is 0 Å². The van der Waals surface area contributed by atoms with Gasteiger partial charge < -0.3 is 14.9 Å². The fourth-order valence-electron chi connectivity index (χ4n) is 1.70. The molecule has 2 N–H and O–H groups in total. The maximum atomic E-state index is 11.8. The largest absolute Gasteiger partial charge is 0.481 e. The molecule has 2 atom stereocenters. The standard InChI is InChI=1S/C15H26O5/c1-3-4-5-6-7-8-9-13(10-14(17)18)15(19)20-12(2)11-16/h7-8,12-13,16H,3-6,9-11H2,1-2H3,(H,17,18)/b8-7+. The summed E-state index contributed by atoms with van der Waals surface area (Å²) in [4.78, 5) is 22.5. The van der Waals surface area contributed by atoms with Crippen LogP contribution < -0.4 is 0 Å². The average molecular weight is 286 g/mol. The number of aliphatic hydroxyl groups is 1. The summed E-state index contributed by atoms with van der Waals surface area (Å²) < 4.78 is 4.97. The van der Waals surface area contributed by atoms with Crippen molar-refractivity contribution in [3.63, 3.8) is 0 Å². The fourth-order valence-corrected chi connectivity index (χ4v) is 1.70. The second-order valence-electron chi connectivity index (χ2n) is 4.93. The highest BCUT2D eigenvalue weighted by Crippen LogP contribution is 2.14. The first-order chi connectivity index (χ1) is 9.51. The number of hydrogen-bond acceptors (Lipinski definition) is 4. The Bertz CT molecular complexity index is 311. The lowest BCUT2D eigenvalue weighted by Gasteiger charge is -2.15. The first-order valence-electron chi connectivity index (χ1n) is 7.19. The second kappa shape index (κ2) is 11.5. The summed E-state index contributed by atoms with van der Waals surface area (Å²) in [5, 5.41) is 17.7. The molecule has 0 spiro atoms. The van der Waals surface area contributed by atoms with Crippen LogP contribution in [0.4, 0.5) is 0 Å². The predicted molar refractivity (Wildman–Crippen MR) is 76.3 cm³/mol. The van der Waals surface area contributed by atoms with Crippen LogP contribution in [0.25, 0.3) is 0 Å². The summed E-state index contributed by atoms with van der Waals surface area (Å²) in [5.41, 5.74) is 0. The van der Waals surface area contributed by atoms with Gasteiger partial charge in [0.05, 0.1) is 18.9 Å². The van der Waals surface area contributed by atoms with E-state index in [1.807, 2.05) is 12.2 Å². The van der Waals surface area contributed by atoms with E-state index in [9.17, 15) is 9.59 Å². The van der Waals surface area contributed by atoms with E-state index in [0.717, 1.165) is 19.3 Å². The number of carboxylic acid groups (broad SMARTS) is 1. The Morgan fingerprint density at radius 3 is 2.50 bits per heavy atom. The number of esters is 1. The Morgan fingerprint density at radius 2 is 1.95 bits per heavy atom. The maximum absolute atomic E-state index is 11.8. The van der Waals surface area contributed by atoms with Crippen LogP contribution in [0.1, 0.15) is 52.4 Å². The molecule has 0 aliphatic rings. The SMILES string of the molecule is CCCCC/C=C/CC(CC(=O)O)C(=O)OC(C)CO. The Kier molecular flexibility index (Phi) is 10.7. The Labute approximate surface area is 120 Å². The van der Waals surface area contributed by atoms with Gasteiger partial charge in [-0.15, -0.1) is 0 Å². The van der Waals surface area contributed by atoms with Crippen molar-refractivity contribution in [1.82, 2.24) is 0 Å². The number of rotatable bonds is 11. The predicted octanol–water partition coefficient (Wildman–Crippen LogP) is 2.53. The van der Waals surface area contributed by atoms with Crippen LogP contribution in [-0.4, -0.2) is 34.9 Å². The molecule has 116 valence electrons. The smallest absolute Gasteiger partial charge is 0.310 e. The third-order valence-electron chi connectivity index (χ3n) is 2.89. The molecule has 20 heavy (non-hydrogen) atoms. The van der Waals surface area contributed by atoms with Gasteiger partial charge in [0.2, 0.25) is 0 Å². The number of hydrogen-bond donors (Lipinski definition) is 2. The summed E-state index contributed by atoms with van der Waals surface area (Å²) in [6.45, 7) is 3.43. The highest BCUT2D eigenvalue weighted by atomic mass is 16.6. The quantitative estimate of drug-likeness (QED) is 0.346. The molecule has 0 fully saturated rings. The molecule has 0 saturated heterocycles. The van der Waals surface area contributed by atoms with E-state index >= 15 is 0 Å². The monoisotopic (exact) mass is 286 g/mol. The van der Waals surface area contributed by atoms with Gasteiger partial charge in [-0.25, -0.2) is 0 Å². The molecule has 0 radical (unpaired) electrons. The zero-order valence-electron chi connectivity index (χ0n) is 12.4. The summed E-state index contributed by atoms with van der Waals surface area (Å²) in [7, 11) is 0. The molecule has 5 nitrogen and oxygen atoms in total. The Morgan fingerprint density at radius 1 is 1.25 bits per heavy atom. The van der Waals surface area contributed by atoms with Gasteiger partial charge >= 0.3 is 11.9 Å². The van der Waals surface area contributed by atoms with Crippen LogP contribution >= 0.6 is 0 Å². The van der Waals surface area contributed by atoms with Gasteiger partial charge in [0.1, 0.15) is 6.10 Å². The molecule has 0 saturated carbocycles. The molecular formula is C15H26O5. The van der Waals surface area contributed by atoms with Crippen molar-refractivity contribution in [3.8, 4) is 0 Å². The minimum absolute atomic E-state index is 0.254. The number of aliphatic hydroxyl groups excluding tert-OH is 1. The van der Waals surface area contributed by atoms with Crippen molar-refractivity contribution in [1.29, 1.82) is 0 Å². The van der Waals surface area contributed by atoms with Gasteiger partial charge in [0.15, 0.2) is 0 Å². The molecule has 0 amide bonds. The molecule has 2 unspecified atom stereocenters. The second-order valence-corrected chi connectivity index (χ2v) is 4.93. The van der Waals surface area contributed by atoms with Crippen molar-refractivity contribution >= 4 is 11.9 Å². The number of carbonyl (C=O) groups excluding carboxylic acids is 1. The lowest BCUT2D eigenvalue weighted by molar-refractivity contribution is -0.158. The number of carboxylic acids is 1. The van der Waals surface area contributed by atoms with Crippen LogP contribution in [0, 0.1) is 5.92 Å². The van der Waals surface area contributed by atoms with Crippen LogP contribution in [0.15, 0.2) is 12.2 Å². The van der Waals surface area contributed by atoms with E-state index in [1.54, 1.807) is 6.92 Å². The summed E-state index contributed by atoms with van der Waals surface area (Å²) in [6, 6.07) is 0. The lowest BCUT2D eigenvalue weighted by Crippen LogP contribution is -2.26. The number of unbranched alkanes of at least 4 members (excludes halogenated alkanes) is 3. The molecular weight excluding hydrogens is 260 g/mol. The van der Waals surface area contributed by atoms with Crippen LogP contribution in [-0.2, 0) is 14.3 Å². The molecule has 0 aliphatic heterocycles. The average Bonchev–Trinajstić information content (AvgIpc) is 2.40. The van der Waals surface area contributed by atoms with Crippen molar-refractivity contribution in [3.05, 3.63) is 12.2 Å². The zero-order chi connectivity index (χ0) is 15.4. The van der Waals surface area contributed by atoms with Crippen LogP contribution in [0.3, 0.4) is 0 Å². The van der Waals surface area contributed by atoms with Gasteiger partial charge in [-0.3, -0.25) is 9.59 Å². The van der Waals surface area contributed by atoms with E-state index in [4.69, 9.17) is 14.9 Å². The number of aliphatic carboxylic acids is 1. The molecule has 0 heterocycles. The molecule has 0 aromatic heterocycles. The number of allylic oxidation sites excluding steroid dienone is 2. The van der Waals surface area contributed by atoms with Crippen molar-refractivity contribution < 1.29 is 24.5 Å². The van der Waals surface area contributed by atoms with Crippen LogP contribution in [0.5, 0.6) is 0 Å². The molecule has 0 bridgehead atoms.